The topological polar surface area (TPSA) is 63.8 Å². The summed E-state index contributed by atoms with van der Waals surface area (Å²) in [6.07, 6.45) is 9.52. The van der Waals surface area contributed by atoms with Gasteiger partial charge in [0, 0.05) is 18.2 Å². The van der Waals surface area contributed by atoms with E-state index in [1.165, 1.54) is 38.5 Å². The van der Waals surface area contributed by atoms with Gasteiger partial charge in [-0.25, -0.2) is 15.8 Å². The first-order valence-corrected chi connectivity index (χ1v) is 5.69. The van der Waals surface area contributed by atoms with Gasteiger partial charge in [-0.1, -0.05) is 25.7 Å². The molecule has 4 nitrogen and oxygen atoms in total. The second-order valence-corrected chi connectivity index (χ2v) is 4.13. The zero-order valence-electron chi connectivity index (χ0n) is 8.95. The van der Waals surface area contributed by atoms with Crippen molar-refractivity contribution in [1.29, 1.82) is 0 Å². The number of rotatable bonds is 2. The second kappa shape index (κ2) is 5.07. The van der Waals surface area contributed by atoms with E-state index in [1.54, 1.807) is 12.3 Å². The molecule has 1 aromatic heterocycles. The summed E-state index contributed by atoms with van der Waals surface area (Å²) in [6, 6.07) is 1.79. The summed E-state index contributed by atoms with van der Waals surface area (Å²) in [5.74, 6) is 7.53. The summed E-state index contributed by atoms with van der Waals surface area (Å²) in [6.45, 7) is 0. The Balaban J connectivity index is 2.12. The highest BCUT2D eigenvalue weighted by atomic mass is 15.3. The predicted octanol–water partition coefficient (Wildman–Crippen LogP) is 2.20. The lowest BCUT2D eigenvalue weighted by Crippen LogP contribution is -2.11. The number of hydrazine groups is 1. The molecule has 2 rings (SSSR count). The van der Waals surface area contributed by atoms with Gasteiger partial charge in [0.05, 0.1) is 0 Å². The van der Waals surface area contributed by atoms with Crippen molar-refractivity contribution >= 4 is 5.82 Å². The molecule has 1 aliphatic carbocycles. The van der Waals surface area contributed by atoms with E-state index < -0.39 is 0 Å². The Morgan fingerprint density at radius 3 is 2.60 bits per heavy atom. The van der Waals surface area contributed by atoms with Crippen molar-refractivity contribution in [1.82, 2.24) is 9.97 Å². The Kier molecular flexibility index (Phi) is 3.50. The Hall–Kier alpha value is -1.16. The van der Waals surface area contributed by atoms with Crippen molar-refractivity contribution in [3.05, 3.63) is 18.1 Å². The van der Waals surface area contributed by atoms with Crippen LogP contribution in [0.25, 0.3) is 0 Å². The SMILES string of the molecule is NNc1ccnc(C2CCCCCC2)n1. The van der Waals surface area contributed by atoms with Gasteiger partial charge in [-0.3, -0.25) is 0 Å². The maximum atomic E-state index is 5.34. The fourth-order valence-corrected chi connectivity index (χ4v) is 2.19. The first-order valence-electron chi connectivity index (χ1n) is 5.69. The van der Waals surface area contributed by atoms with Gasteiger partial charge in [0.25, 0.3) is 0 Å². The summed E-state index contributed by atoms with van der Waals surface area (Å²) < 4.78 is 0. The van der Waals surface area contributed by atoms with Crippen LogP contribution in [0.15, 0.2) is 12.3 Å². The number of hydrogen-bond acceptors (Lipinski definition) is 4. The van der Waals surface area contributed by atoms with E-state index >= 15 is 0 Å². The van der Waals surface area contributed by atoms with E-state index in [9.17, 15) is 0 Å². The molecule has 1 heterocycles. The van der Waals surface area contributed by atoms with Crippen molar-refractivity contribution in [2.45, 2.75) is 44.4 Å². The Morgan fingerprint density at radius 2 is 1.93 bits per heavy atom. The van der Waals surface area contributed by atoms with Gasteiger partial charge < -0.3 is 5.43 Å². The average molecular weight is 206 g/mol. The lowest BCUT2D eigenvalue weighted by atomic mass is 9.99. The minimum Gasteiger partial charge on any atom is -0.308 e. The summed E-state index contributed by atoms with van der Waals surface area (Å²) in [5, 5.41) is 0. The van der Waals surface area contributed by atoms with Crippen LogP contribution in [0, 0.1) is 0 Å². The van der Waals surface area contributed by atoms with Gasteiger partial charge in [0.1, 0.15) is 11.6 Å². The summed E-state index contributed by atoms with van der Waals surface area (Å²) in [7, 11) is 0. The number of nitrogens with zero attached hydrogens (tertiary/aromatic N) is 2. The molecular weight excluding hydrogens is 188 g/mol. The molecule has 0 amide bonds. The van der Waals surface area contributed by atoms with E-state index in [2.05, 4.69) is 15.4 Å². The van der Waals surface area contributed by atoms with Crippen molar-refractivity contribution in [2.75, 3.05) is 5.43 Å². The predicted molar refractivity (Wildman–Crippen MR) is 60.3 cm³/mol. The molecule has 0 radical (unpaired) electrons. The van der Waals surface area contributed by atoms with E-state index in [1.807, 2.05) is 0 Å². The number of nitrogen functional groups attached to an aromatic ring is 1. The monoisotopic (exact) mass is 206 g/mol. The zero-order chi connectivity index (χ0) is 10.5. The summed E-state index contributed by atoms with van der Waals surface area (Å²) in [5.41, 5.74) is 2.57. The molecule has 0 atom stereocenters. The Bertz CT molecular complexity index is 305. The van der Waals surface area contributed by atoms with E-state index in [0.29, 0.717) is 11.7 Å². The lowest BCUT2D eigenvalue weighted by molar-refractivity contribution is 0.561. The molecule has 1 saturated carbocycles. The van der Waals surface area contributed by atoms with Crippen molar-refractivity contribution in [3.63, 3.8) is 0 Å². The average Bonchev–Trinajstić information content (AvgIpc) is 2.58. The van der Waals surface area contributed by atoms with Gasteiger partial charge in [-0.15, -0.1) is 0 Å². The molecule has 1 aliphatic rings. The first-order chi connectivity index (χ1) is 7.40. The fourth-order valence-electron chi connectivity index (χ4n) is 2.19. The number of aromatic nitrogens is 2. The molecule has 15 heavy (non-hydrogen) atoms. The highest BCUT2D eigenvalue weighted by Crippen LogP contribution is 2.29. The van der Waals surface area contributed by atoms with Crippen LogP contribution >= 0.6 is 0 Å². The van der Waals surface area contributed by atoms with Crippen molar-refractivity contribution < 1.29 is 0 Å². The highest BCUT2D eigenvalue weighted by molar-refractivity contribution is 5.31. The van der Waals surface area contributed by atoms with Crippen LogP contribution in [-0.2, 0) is 0 Å². The number of hydrogen-bond donors (Lipinski definition) is 2. The largest absolute Gasteiger partial charge is 0.308 e. The quantitative estimate of drug-likeness (QED) is 0.442. The highest BCUT2D eigenvalue weighted by Gasteiger charge is 2.16. The molecule has 82 valence electrons. The molecule has 1 fully saturated rings. The first kappa shape index (κ1) is 10.4. The van der Waals surface area contributed by atoms with Crippen LogP contribution in [0.4, 0.5) is 5.82 Å². The molecule has 0 aliphatic heterocycles. The second-order valence-electron chi connectivity index (χ2n) is 4.13. The standard InChI is InChI=1S/C11H18N4/c12-15-10-7-8-13-11(14-10)9-5-3-1-2-4-6-9/h7-9H,1-6,12H2,(H,13,14,15). The number of nitrogens with two attached hydrogens (primary N) is 1. The van der Waals surface area contributed by atoms with Gasteiger partial charge in [0.2, 0.25) is 0 Å². The molecule has 3 N–H and O–H groups in total. The van der Waals surface area contributed by atoms with Crippen LogP contribution < -0.4 is 11.3 Å². The summed E-state index contributed by atoms with van der Waals surface area (Å²) >= 11 is 0. The van der Waals surface area contributed by atoms with Crippen LogP contribution in [0.5, 0.6) is 0 Å². The maximum Gasteiger partial charge on any atom is 0.143 e. The van der Waals surface area contributed by atoms with Crippen LogP contribution in [0.2, 0.25) is 0 Å². The van der Waals surface area contributed by atoms with Crippen LogP contribution in [0.1, 0.15) is 50.3 Å². The summed E-state index contributed by atoms with van der Waals surface area (Å²) in [4.78, 5) is 8.76. The molecule has 4 heteroatoms. The minimum absolute atomic E-state index is 0.529. The van der Waals surface area contributed by atoms with E-state index in [4.69, 9.17) is 5.84 Å². The third-order valence-electron chi connectivity index (χ3n) is 3.04. The Morgan fingerprint density at radius 1 is 1.20 bits per heavy atom. The lowest BCUT2D eigenvalue weighted by Gasteiger charge is -2.12. The van der Waals surface area contributed by atoms with Crippen molar-refractivity contribution in [3.8, 4) is 0 Å². The minimum atomic E-state index is 0.529. The molecule has 0 unspecified atom stereocenters. The maximum absolute atomic E-state index is 5.34. The number of nitrogens with one attached hydrogen (secondary N) is 1. The smallest absolute Gasteiger partial charge is 0.143 e. The fraction of sp³-hybridized carbons (Fsp3) is 0.636. The molecular formula is C11H18N4. The molecule has 0 bridgehead atoms. The van der Waals surface area contributed by atoms with E-state index in [0.717, 1.165) is 5.82 Å². The van der Waals surface area contributed by atoms with E-state index in [-0.39, 0.29) is 0 Å². The van der Waals surface area contributed by atoms with Gasteiger partial charge in [-0.05, 0) is 12.8 Å². The van der Waals surface area contributed by atoms with Gasteiger partial charge >= 0.3 is 0 Å². The Labute approximate surface area is 90.3 Å². The van der Waals surface area contributed by atoms with Crippen LogP contribution in [0.3, 0.4) is 0 Å². The van der Waals surface area contributed by atoms with Crippen molar-refractivity contribution in [2.24, 2.45) is 5.84 Å². The third-order valence-corrected chi connectivity index (χ3v) is 3.04. The normalized spacial score (nSPS) is 18.5. The third kappa shape index (κ3) is 2.65. The van der Waals surface area contributed by atoms with Crippen LogP contribution in [-0.4, -0.2) is 9.97 Å². The molecule has 0 spiro atoms. The molecule has 0 aromatic carbocycles. The zero-order valence-corrected chi connectivity index (χ0v) is 8.95. The number of anilines is 1. The van der Waals surface area contributed by atoms with Gasteiger partial charge in [-0.2, -0.15) is 0 Å². The molecule has 1 aromatic rings. The molecule has 0 saturated heterocycles. The van der Waals surface area contributed by atoms with Gasteiger partial charge in [0.15, 0.2) is 0 Å².